The summed E-state index contributed by atoms with van der Waals surface area (Å²) in [6, 6.07) is -1.47. The van der Waals surface area contributed by atoms with Gasteiger partial charge < -0.3 is 25.2 Å². The lowest BCUT2D eigenvalue weighted by Crippen LogP contribution is -2.34. The Labute approximate surface area is 342 Å². The summed E-state index contributed by atoms with van der Waals surface area (Å²) in [7, 11) is -4.61. The smallest absolute Gasteiger partial charge is 0.472 e. The molecule has 3 unspecified atom stereocenters. The molecule has 3 atom stereocenters. The number of aliphatic carboxylic acids is 1. The normalized spacial score (nSPS) is 14.2. The lowest BCUT2D eigenvalue weighted by atomic mass is 10.0. The van der Waals surface area contributed by atoms with Crippen LogP contribution >= 0.6 is 7.82 Å². The summed E-state index contributed by atoms with van der Waals surface area (Å²) in [5, 5.41) is 8.88. The molecule has 0 aromatic heterocycles. The van der Waals surface area contributed by atoms with Crippen LogP contribution in [0.5, 0.6) is 0 Å². The summed E-state index contributed by atoms with van der Waals surface area (Å²) in [5.41, 5.74) is 5.35. The molecule has 0 rings (SSSR count). The van der Waals surface area contributed by atoms with Crippen molar-refractivity contribution in [3.63, 3.8) is 0 Å². The average Bonchev–Trinajstić information content (AvgIpc) is 3.18. The van der Waals surface area contributed by atoms with Crippen LogP contribution < -0.4 is 5.73 Å². The van der Waals surface area contributed by atoms with Gasteiger partial charge in [-0.1, -0.05) is 166 Å². The second-order valence-electron chi connectivity index (χ2n) is 15.2. The third-order valence-corrected chi connectivity index (χ3v) is 10.6. The van der Waals surface area contributed by atoms with Crippen LogP contribution in [-0.4, -0.2) is 60.5 Å². The van der Waals surface area contributed by atoms with Gasteiger partial charge in [0.1, 0.15) is 12.1 Å². The monoisotopic (exact) mass is 814 g/mol. The van der Waals surface area contributed by atoms with E-state index in [0.717, 1.165) is 70.6 Å². The molecule has 0 radical (unpaired) electrons. The Morgan fingerprint density at radius 3 is 1.54 bits per heavy atom. The molecular weight excluding hydrogens is 729 g/mol. The first kappa shape index (κ1) is 54.2. The molecule has 10 nitrogen and oxygen atoms in total. The van der Waals surface area contributed by atoms with Gasteiger partial charge in [0.05, 0.1) is 19.8 Å². The predicted molar refractivity (Wildman–Crippen MR) is 231 cm³/mol. The van der Waals surface area contributed by atoms with Crippen LogP contribution in [0.4, 0.5) is 0 Å². The molecule has 0 bridgehead atoms. The number of carbonyl (C=O) groups excluding carboxylic acids is 1. The number of unbranched alkanes of at least 4 members (excludes halogenated alkanes) is 23. The lowest BCUT2D eigenvalue weighted by Gasteiger charge is -2.20. The van der Waals surface area contributed by atoms with Gasteiger partial charge in [-0.3, -0.25) is 18.6 Å². The number of carboxylic acid groups (broad SMARTS) is 1. The Kier molecular flexibility index (Phi) is 40.0. The minimum absolute atomic E-state index is 0.0135. The number of phosphoric acid groups is 1. The number of carboxylic acids is 1. The molecule has 4 N–H and O–H groups in total. The van der Waals surface area contributed by atoms with Crippen molar-refractivity contribution in [2.24, 2.45) is 5.73 Å². The van der Waals surface area contributed by atoms with Crippen molar-refractivity contribution >= 4 is 19.8 Å². The summed E-state index contributed by atoms with van der Waals surface area (Å²) in [6.45, 7) is 3.80. The number of hydrogen-bond acceptors (Lipinski definition) is 8. The zero-order valence-corrected chi connectivity index (χ0v) is 36.6. The number of hydrogen-bond donors (Lipinski definition) is 3. The summed E-state index contributed by atoms with van der Waals surface area (Å²) in [6.07, 6.45) is 46.4. The summed E-state index contributed by atoms with van der Waals surface area (Å²) in [5.74, 6) is -1.79. The van der Waals surface area contributed by atoms with Crippen LogP contribution in [0, 0.1) is 0 Å². The molecule has 0 aromatic rings. The van der Waals surface area contributed by atoms with E-state index in [0.29, 0.717) is 13.0 Å². The molecule has 0 aliphatic rings. The Morgan fingerprint density at radius 2 is 1.02 bits per heavy atom. The fourth-order valence-corrected chi connectivity index (χ4v) is 6.89. The molecule has 0 aliphatic heterocycles. The molecule has 0 saturated heterocycles. The van der Waals surface area contributed by atoms with E-state index in [1.54, 1.807) is 0 Å². The maximum Gasteiger partial charge on any atom is 0.472 e. The Balaban J connectivity index is 4.07. The summed E-state index contributed by atoms with van der Waals surface area (Å²) >= 11 is 0. The van der Waals surface area contributed by atoms with Crippen molar-refractivity contribution in [2.45, 2.75) is 212 Å². The van der Waals surface area contributed by atoms with Crippen molar-refractivity contribution in [1.29, 1.82) is 0 Å². The number of esters is 1. The zero-order chi connectivity index (χ0) is 41.2. The molecule has 328 valence electrons. The summed E-state index contributed by atoms with van der Waals surface area (Å²) in [4.78, 5) is 33.4. The van der Waals surface area contributed by atoms with Crippen LogP contribution in [0.1, 0.15) is 200 Å². The third kappa shape index (κ3) is 40.4. The lowest BCUT2D eigenvalue weighted by molar-refractivity contribution is -0.154. The van der Waals surface area contributed by atoms with Crippen LogP contribution in [0.3, 0.4) is 0 Å². The first-order valence-electron chi connectivity index (χ1n) is 22.5. The first-order chi connectivity index (χ1) is 27.2. The summed E-state index contributed by atoms with van der Waals surface area (Å²) < 4.78 is 33.3. The van der Waals surface area contributed by atoms with E-state index in [1.165, 1.54) is 103 Å². The van der Waals surface area contributed by atoms with Gasteiger partial charge in [-0.15, -0.1) is 0 Å². The van der Waals surface area contributed by atoms with Crippen molar-refractivity contribution in [1.82, 2.24) is 0 Å². The first-order valence-corrected chi connectivity index (χ1v) is 24.0. The Hall–Kier alpha value is -1.81. The SMILES string of the molecule is CCC/C=C\CCCCCCCC(=O)OC(COCCCCCCCCCCCCCC/C=C\C/C=C\CCCCCCC)COP(=O)(O)OCC(N)C(=O)O. The molecule has 0 aromatic carbocycles. The van der Waals surface area contributed by atoms with Gasteiger partial charge in [0.2, 0.25) is 0 Å². The maximum atomic E-state index is 12.6. The van der Waals surface area contributed by atoms with Gasteiger partial charge in [-0.05, 0) is 64.2 Å². The van der Waals surface area contributed by atoms with Gasteiger partial charge in [0.25, 0.3) is 0 Å². The zero-order valence-electron chi connectivity index (χ0n) is 35.7. The Morgan fingerprint density at radius 1 is 0.571 bits per heavy atom. The number of rotatable bonds is 43. The average molecular weight is 814 g/mol. The highest BCUT2D eigenvalue weighted by molar-refractivity contribution is 7.47. The standard InChI is InChI=1S/C45H84NO9P/c1-3-5-7-9-11-13-15-16-17-18-19-20-21-22-23-24-25-26-27-28-30-32-34-36-38-52-39-42(40-53-56(50,51)54-41-43(46)45(48)49)55-44(47)37-35-33-31-29-14-12-10-8-6-4-2/h8,10,15-16,18-19,42-43H,3-7,9,11-14,17,20-41,46H2,1-2H3,(H,48,49)(H,50,51)/b10-8-,16-15-,19-18-. The molecular formula is C45H84NO9P. The highest BCUT2D eigenvalue weighted by atomic mass is 31.2. The number of nitrogens with two attached hydrogens (primary N) is 1. The fraction of sp³-hybridized carbons (Fsp3) is 0.822. The molecule has 0 heterocycles. The topological polar surface area (TPSA) is 155 Å². The maximum absolute atomic E-state index is 12.6. The van der Waals surface area contributed by atoms with Gasteiger partial charge in [0.15, 0.2) is 0 Å². The van der Waals surface area contributed by atoms with E-state index in [1.807, 2.05) is 0 Å². The molecule has 0 spiro atoms. The van der Waals surface area contributed by atoms with E-state index in [2.05, 4.69) is 50.3 Å². The molecule has 0 saturated carbocycles. The highest BCUT2D eigenvalue weighted by Crippen LogP contribution is 2.43. The van der Waals surface area contributed by atoms with Crippen LogP contribution in [-0.2, 0) is 32.7 Å². The number of ether oxygens (including phenoxy) is 2. The van der Waals surface area contributed by atoms with Crippen molar-refractivity contribution in [2.75, 3.05) is 26.4 Å². The number of carbonyl (C=O) groups is 2. The molecule has 11 heteroatoms. The van der Waals surface area contributed by atoms with Gasteiger partial charge >= 0.3 is 19.8 Å². The van der Waals surface area contributed by atoms with Crippen LogP contribution in [0.15, 0.2) is 36.5 Å². The number of allylic oxidation sites excluding steroid dienone is 6. The van der Waals surface area contributed by atoms with Crippen molar-refractivity contribution < 1.29 is 42.7 Å². The van der Waals surface area contributed by atoms with Gasteiger partial charge in [0, 0.05) is 13.0 Å². The molecule has 56 heavy (non-hydrogen) atoms. The second kappa shape index (κ2) is 41.4. The van der Waals surface area contributed by atoms with Crippen LogP contribution in [0.2, 0.25) is 0 Å². The minimum atomic E-state index is -4.61. The van der Waals surface area contributed by atoms with Crippen molar-refractivity contribution in [3.05, 3.63) is 36.5 Å². The van der Waals surface area contributed by atoms with E-state index in [4.69, 9.17) is 29.4 Å². The van der Waals surface area contributed by atoms with Crippen LogP contribution in [0.25, 0.3) is 0 Å². The fourth-order valence-electron chi connectivity index (χ4n) is 6.11. The predicted octanol–water partition coefficient (Wildman–Crippen LogP) is 12.5. The van der Waals surface area contributed by atoms with E-state index >= 15 is 0 Å². The molecule has 0 fully saturated rings. The largest absolute Gasteiger partial charge is 0.480 e. The highest BCUT2D eigenvalue weighted by Gasteiger charge is 2.27. The Bertz CT molecular complexity index is 1040. The molecule has 0 aliphatic carbocycles. The van der Waals surface area contributed by atoms with E-state index < -0.39 is 45.1 Å². The van der Waals surface area contributed by atoms with Gasteiger partial charge in [-0.25, -0.2) is 4.57 Å². The van der Waals surface area contributed by atoms with E-state index in [-0.39, 0.29) is 13.0 Å². The molecule has 0 amide bonds. The minimum Gasteiger partial charge on any atom is -0.480 e. The second-order valence-corrected chi connectivity index (χ2v) is 16.6. The van der Waals surface area contributed by atoms with Crippen molar-refractivity contribution in [3.8, 4) is 0 Å². The number of phosphoric ester groups is 1. The third-order valence-electron chi connectivity index (χ3n) is 9.62. The quantitative estimate of drug-likeness (QED) is 0.0234. The van der Waals surface area contributed by atoms with E-state index in [9.17, 15) is 19.0 Å². The van der Waals surface area contributed by atoms with Gasteiger partial charge in [-0.2, -0.15) is 0 Å².